The maximum Gasteiger partial charge on any atom is 0.258 e. The third kappa shape index (κ3) is 25.5. The zero-order chi connectivity index (χ0) is 81.2. The molecule has 0 unspecified atom stereocenters. The molecule has 0 spiro atoms. The summed E-state index contributed by atoms with van der Waals surface area (Å²) in [5.41, 5.74) is 17.0. The predicted octanol–water partition coefficient (Wildman–Crippen LogP) is 14.8. The Labute approximate surface area is 663 Å². The summed E-state index contributed by atoms with van der Waals surface area (Å²) in [7, 11) is -3.51. The van der Waals surface area contributed by atoms with Crippen LogP contribution >= 0.6 is 0 Å². The Bertz CT molecular complexity index is 5610. The number of rotatable bonds is 23. The number of nitrogens with zero attached hydrogens (tertiary/aromatic N) is 11. The molecule has 14 aromatic rings. The number of benzene rings is 8. The summed E-state index contributed by atoms with van der Waals surface area (Å²) in [6.07, 6.45) is 16.8. The van der Waals surface area contributed by atoms with Gasteiger partial charge < -0.3 is 38.4 Å². The average Bonchev–Trinajstić information content (AvgIpc) is 1.70. The molecule has 7 N–H and O–H groups in total. The lowest BCUT2D eigenvalue weighted by Gasteiger charge is -2.21. The fraction of sp³-hybridized carbons (Fsp3) is 0.181. The molecule has 32 heteroatoms. The molecule has 0 saturated heterocycles. The summed E-state index contributed by atoms with van der Waals surface area (Å²) in [5.74, 6) is 3.26. The molecule has 8 aromatic carbocycles. The molecule has 1 fully saturated rings. The van der Waals surface area contributed by atoms with E-state index in [2.05, 4.69) is 67.3 Å². The number of aromatic nitrogens is 9. The number of para-hydroxylation sites is 2. The highest BCUT2D eigenvalue weighted by molar-refractivity contribution is 7.88. The third-order valence-electron chi connectivity index (χ3n) is 17.3. The van der Waals surface area contributed by atoms with Crippen molar-refractivity contribution in [3.8, 4) is 84.5 Å². The lowest BCUT2D eigenvalue weighted by Crippen LogP contribution is -2.29. The molecule has 15 rings (SSSR count). The van der Waals surface area contributed by atoms with E-state index in [-0.39, 0.29) is 61.3 Å². The van der Waals surface area contributed by atoms with Crippen molar-refractivity contribution in [1.82, 2.24) is 55.0 Å². The Morgan fingerprint density at radius 2 is 0.983 bits per heavy atom. The van der Waals surface area contributed by atoms with Gasteiger partial charge in [-0.2, -0.15) is 9.94 Å². The number of sulfonamides is 2. The van der Waals surface area contributed by atoms with Crippen LogP contribution in [0.1, 0.15) is 60.9 Å². The number of amides is 3. The van der Waals surface area contributed by atoms with Gasteiger partial charge in [0.05, 0.1) is 95.7 Å². The quantitative estimate of drug-likeness (QED) is 0.0346. The summed E-state index contributed by atoms with van der Waals surface area (Å²) < 4.78 is 80.2. The number of hydrogen-bond donors (Lipinski definition) is 6. The molecule has 1 saturated carbocycles. The Morgan fingerprint density at radius 1 is 0.530 bits per heavy atom. The van der Waals surface area contributed by atoms with Crippen LogP contribution in [0.4, 0.5) is 29.5 Å². The van der Waals surface area contributed by atoms with Gasteiger partial charge in [0.1, 0.15) is 5.75 Å². The molecule has 0 bridgehead atoms. The van der Waals surface area contributed by atoms with Crippen LogP contribution in [-0.2, 0) is 29.6 Å². The molecule has 1 aliphatic carbocycles. The maximum absolute atomic E-state index is 12.1. The molecule has 30 nitrogen and oxygen atoms in total. The van der Waals surface area contributed by atoms with Gasteiger partial charge in [0.15, 0.2) is 5.76 Å². The topological polar surface area (TPSA) is 416 Å². The summed E-state index contributed by atoms with van der Waals surface area (Å²) in [5, 5.41) is 50.4. The normalized spacial score (nSPS) is 11.7. The van der Waals surface area contributed by atoms with E-state index in [0.717, 1.165) is 102 Å². The predicted molar refractivity (Wildman–Crippen MR) is 436 cm³/mol. The Morgan fingerprint density at radius 3 is 1.49 bits per heavy atom. The SMILES string of the molecule is CN(CCC(=O)Nc1oncc1-c1ccccc1)S(C)(=O)=O.COc1ccccc1-c1cnoc1-c1ccccc1.CS(=O)(=O)NCCC(=O)Nc1oncc1-c1ccccc1.N#Cc1ccc(-c2cnoc2N)cc1.O=C(Nc1oncc1-c1ccccc1)c1ccccc1.c1ccc(-n2nnnc2NCC2CCCCC2)cc1. The fourth-order valence-electron chi connectivity index (χ4n) is 11.3. The third-order valence-corrected chi connectivity index (χ3v) is 19.4. The molecular formula is C83H83N17O13S2. The molecular weight excluding hydrogens is 1510 g/mol. The van der Waals surface area contributed by atoms with Gasteiger partial charge >= 0.3 is 0 Å². The van der Waals surface area contributed by atoms with Crippen LogP contribution in [0.3, 0.4) is 0 Å². The minimum absolute atomic E-state index is 0.00198. The van der Waals surface area contributed by atoms with Crippen molar-refractivity contribution in [3.63, 3.8) is 0 Å². The van der Waals surface area contributed by atoms with Crippen LogP contribution in [0.2, 0.25) is 0 Å². The van der Waals surface area contributed by atoms with Crippen LogP contribution < -0.4 is 36.5 Å². The number of carbonyl (C=O) groups excluding carboxylic acids is 3. The number of ether oxygens (including phenoxy) is 1. The van der Waals surface area contributed by atoms with E-state index < -0.39 is 20.0 Å². The van der Waals surface area contributed by atoms with Crippen molar-refractivity contribution in [1.29, 1.82) is 5.26 Å². The second-order valence-corrected chi connectivity index (χ2v) is 29.5. The van der Waals surface area contributed by atoms with E-state index in [1.165, 1.54) is 51.5 Å². The van der Waals surface area contributed by atoms with Crippen LogP contribution in [0, 0.1) is 17.2 Å². The van der Waals surface area contributed by atoms with Crippen LogP contribution in [0.5, 0.6) is 5.75 Å². The van der Waals surface area contributed by atoms with E-state index >= 15 is 0 Å². The van der Waals surface area contributed by atoms with E-state index in [9.17, 15) is 31.2 Å². The summed E-state index contributed by atoms with van der Waals surface area (Å²) in [4.78, 5) is 35.7. The second kappa shape index (κ2) is 42.4. The van der Waals surface area contributed by atoms with Crippen molar-refractivity contribution in [2.75, 3.05) is 73.3 Å². The number of anilines is 5. The lowest BCUT2D eigenvalue weighted by molar-refractivity contribution is -0.117. The van der Waals surface area contributed by atoms with Crippen LogP contribution in [-0.4, -0.2) is 131 Å². The van der Waals surface area contributed by atoms with E-state index in [4.69, 9.17) is 38.3 Å². The first-order chi connectivity index (χ1) is 55.8. The molecule has 0 atom stereocenters. The van der Waals surface area contributed by atoms with Crippen molar-refractivity contribution in [2.45, 2.75) is 44.9 Å². The molecule has 6 aromatic heterocycles. The monoisotopic (exact) mass is 1590 g/mol. The zero-order valence-corrected chi connectivity index (χ0v) is 64.7. The van der Waals surface area contributed by atoms with Gasteiger partial charge in [-0.05, 0) is 93.9 Å². The Kier molecular flexibility index (Phi) is 30.8. The number of nitrogens with one attached hydrogen (secondary N) is 5. The highest BCUT2D eigenvalue weighted by Gasteiger charge is 2.21. The number of carbonyl (C=O) groups is 3. The van der Waals surface area contributed by atoms with E-state index in [1.807, 2.05) is 200 Å². The fourth-order valence-corrected chi connectivity index (χ4v) is 12.2. The standard InChI is InChI=1S/C16H12N2O2.C16H13NO2.C14H19N5.C14H17N3O4S.C13H15N3O4S.C10H7N3O/c19-15(13-9-5-2-6-10-13)18-16-14(11-17-20-16)12-7-3-1-4-8-12;1-18-15-10-6-5-9-13(15)14-11-17-19-16(14)12-7-3-2-4-8-12;1-3-7-12(8-4-1)11-15-14-16-17-18-19(14)13-9-5-2-6-10-13;1-17(22(2,19)20)9-8-13(18)16-14-12(10-15-21-14)11-6-4-3-5-7-11;1-21(18,19)15-8-7-12(17)16-13-11(9-14-20-13)10-5-3-2-4-6-10;11-5-7-1-3-8(4-2-7)9-6-13-14-10(9)12/h1-11H,(H,18,19);2-11H,1H3;2,5-6,9-10,12H,1,3-4,7-8,11H2,(H,15,16,18);3-7,10H,8-9H2,1-2H3,(H,16,18);2-6,9,15H,7-8H2,1H3,(H,16,17);1-4,6H,12H2. The lowest BCUT2D eigenvalue weighted by atomic mass is 9.89. The smallest absolute Gasteiger partial charge is 0.258 e. The molecule has 1 aliphatic rings. The first-order valence-corrected chi connectivity index (χ1v) is 39.8. The van der Waals surface area contributed by atoms with E-state index in [1.54, 1.807) is 66.8 Å². The minimum atomic E-state index is -3.30. The van der Waals surface area contributed by atoms with Gasteiger partial charge in [-0.3, -0.25) is 30.3 Å². The van der Waals surface area contributed by atoms with Gasteiger partial charge in [-0.15, -0.1) is 0 Å². The first-order valence-electron chi connectivity index (χ1n) is 36.1. The molecule has 0 radical (unpaired) electrons. The highest BCUT2D eigenvalue weighted by atomic mass is 32.2. The number of nitrogens with two attached hydrogens (primary N) is 1. The second-order valence-electron chi connectivity index (χ2n) is 25.5. The zero-order valence-electron chi connectivity index (χ0n) is 63.1. The molecule has 0 aliphatic heterocycles. The maximum atomic E-state index is 12.1. The van der Waals surface area contributed by atoms with E-state index in [0.29, 0.717) is 28.1 Å². The van der Waals surface area contributed by atoms with Gasteiger partial charge in [-0.1, -0.05) is 238 Å². The number of tetrazole rings is 1. The largest absolute Gasteiger partial charge is 0.496 e. The first kappa shape index (κ1) is 83.5. The number of hydrogen-bond acceptors (Lipinski definition) is 24. The molecule has 115 heavy (non-hydrogen) atoms. The van der Waals surface area contributed by atoms with Crippen molar-refractivity contribution < 1.29 is 58.6 Å². The van der Waals surface area contributed by atoms with Crippen LogP contribution in [0.25, 0.3) is 72.6 Å². The molecule has 3 amide bonds. The average molecular weight is 1590 g/mol. The Balaban J connectivity index is 0.000000146. The summed E-state index contributed by atoms with van der Waals surface area (Å²) in [6, 6.07) is 74.2. The number of methoxy groups -OCH3 is 1. The molecule has 6 heterocycles. The van der Waals surface area contributed by atoms with Gasteiger partial charge in [0.2, 0.25) is 61.3 Å². The van der Waals surface area contributed by atoms with Crippen molar-refractivity contribution in [3.05, 3.63) is 273 Å². The summed E-state index contributed by atoms with van der Waals surface area (Å²) >= 11 is 0. The van der Waals surface area contributed by atoms with Gasteiger partial charge in [0, 0.05) is 56.2 Å². The summed E-state index contributed by atoms with van der Waals surface area (Å²) in [6.45, 7) is 1.09. The highest BCUT2D eigenvalue weighted by Crippen LogP contribution is 2.38. The Hall–Kier alpha value is -14.0. The van der Waals surface area contributed by atoms with Crippen LogP contribution in [0.15, 0.2) is 284 Å². The molecule has 590 valence electrons. The van der Waals surface area contributed by atoms with Crippen molar-refractivity contribution in [2.24, 2.45) is 5.92 Å². The van der Waals surface area contributed by atoms with Gasteiger partial charge in [-0.25, -0.2) is 25.9 Å². The minimum Gasteiger partial charge on any atom is -0.496 e. The number of nitriles is 1. The van der Waals surface area contributed by atoms with Crippen molar-refractivity contribution >= 4 is 67.3 Å². The van der Waals surface area contributed by atoms with Gasteiger partial charge in [0.25, 0.3) is 5.91 Å². The number of nitrogen functional groups attached to an aromatic ring is 1.